The number of nitrogens with one attached hydrogen (secondary N) is 1. The lowest BCUT2D eigenvalue weighted by Gasteiger charge is -2.33. The average molecular weight is 430 g/mol. The monoisotopic (exact) mass is 429 g/mol. The highest BCUT2D eigenvalue weighted by atomic mass is 35.5. The lowest BCUT2D eigenvalue weighted by molar-refractivity contribution is -0.138. The number of carbonyl (C=O) groups is 1. The molecule has 0 saturated heterocycles. The number of carbonyl (C=O) groups excluding carboxylic acids is 1. The molecule has 2 aliphatic rings. The second-order valence-corrected chi connectivity index (χ2v) is 7.48. The maximum absolute atomic E-state index is 13.0. The first-order chi connectivity index (χ1) is 14.1. The summed E-state index contributed by atoms with van der Waals surface area (Å²) in [6.07, 6.45) is 4.07. The normalized spacial score (nSPS) is 17.2. The lowest BCUT2D eigenvalue weighted by atomic mass is 9.78. The largest absolute Gasteiger partial charge is 0.496 e. The van der Waals surface area contributed by atoms with Crippen molar-refractivity contribution in [1.29, 1.82) is 0 Å². The number of fused-ring (bicyclic) bond motifs is 2. The highest BCUT2D eigenvalue weighted by Gasteiger charge is 2.38. The summed E-state index contributed by atoms with van der Waals surface area (Å²) >= 11 is 0. The third-order valence-corrected chi connectivity index (χ3v) is 5.79. The lowest BCUT2D eigenvalue weighted by Crippen LogP contribution is -2.27. The minimum atomic E-state index is -0.402. The van der Waals surface area contributed by atoms with Gasteiger partial charge in [0.2, 0.25) is 0 Å². The first-order valence-electron chi connectivity index (χ1n) is 10.2. The van der Waals surface area contributed by atoms with Gasteiger partial charge in [-0.25, -0.2) is 9.78 Å². The number of esters is 1. The number of benzene rings is 1. The molecule has 3 N–H and O–H groups in total. The van der Waals surface area contributed by atoms with E-state index < -0.39 is 5.92 Å². The Morgan fingerprint density at radius 2 is 2.00 bits per heavy atom. The number of methoxy groups -OCH3 is 1. The number of aryl methyl sites for hydroxylation is 1. The van der Waals surface area contributed by atoms with Crippen LogP contribution in [0.2, 0.25) is 0 Å². The number of hydrogen-bond donors (Lipinski definition) is 2. The fraction of sp³-hybridized carbons (Fsp3) is 0.391. The molecule has 0 bridgehead atoms. The standard InChI is InChI=1S/C23H27N3O3.ClH/c1-4-29-23(27)18-13(2)25-22-20(19(18)15-10-6-8-12-17(15)28-3)21(24)14-9-5-7-11-16(14)26-22;/h6,8,10,12,19H,4-5,7,9,11H2,1-3H3,(H3,24,25,26);1H. The molecule has 1 aliphatic carbocycles. The Morgan fingerprint density at radius 1 is 1.27 bits per heavy atom. The van der Waals surface area contributed by atoms with Crippen LogP contribution in [-0.2, 0) is 22.4 Å². The van der Waals surface area contributed by atoms with Crippen molar-refractivity contribution in [1.82, 2.24) is 4.98 Å². The number of allylic oxidation sites excluding steroid dienone is 1. The predicted octanol–water partition coefficient (Wildman–Crippen LogP) is 4.37. The molecular formula is C23H28ClN3O3. The molecule has 0 saturated carbocycles. The zero-order chi connectivity index (χ0) is 20.5. The molecule has 4 rings (SSSR count). The molecule has 0 amide bonds. The van der Waals surface area contributed by atoms with Crippen molar-refractivity contribution in [3.05, 3.63) is 57.9 Å². The first kappa shape index (κ1) is 22.0. The van der Waals surface area contributed by atoms with Crippen molar-refractivity contribution in [2.75, 3.05) is 24.8 Å². The molecule has 7 heteroatoms. The Labute approximate surface area is 183 Å². The minimum Gasteiger partial charge on any atom is -0.496 e. The summed E-state index contributed by atoms with van der Waals surface area (Å²) in [6.45, 7) is 4.00. The molecule has 0 radical (unpaired) electrons. The molecular weight excluding hydrogens is 402 g/mol. The average Bonchev–Trinajstić information content (AvgIpc) is 2.73. The highest BCUT2D eigenvalue weighted by Crippen LogP contribution is 2.48. The summed E-state index contributed by atoms with van der Waals surface area (Å²) in [5.41, 5.74) is 12.6. The van der Waals surface area contributed by atoms with E-state index in [0.717, 1.165) is 65.3 Å². The molecule has 160 valence electrons. The number of nitrogens with zero attached hydrogens (tertiary/aromatic N) is 1. The van der Waals surface area contributed by atoms with Gasteiger partial charge in [-0.3, -0.25) is 0 Å². The molecule has 2 aromatic rings. The van der Waals surface area contributed by atoms with E-state index in [4.69, 9.17) is 20.2 Å². The molecule has 0 spiro atoms. The summed E-state index contributed by atoms with van der Waals surface area (Å²) in [4.78, 5) is 17.9. The van der Waals surface area contributed by atoms with Gasteiger partial charge in [0, 0.05) is 28.2 Å². The SMILES string of the molecule is CCOC(=O)C1=C(C)Nc2nc3c(c(N)c2C1c1ccccc1OC)CCCC3.Cl. The van der Waals surface area contributed by atoms with Gasteiger partial charge in [0.05, 0.1) is 25.2 Å². The van der Waals surface area contributed by atoms with Crippen molar-refractivity contribution in [3.63, 3.8) is 0 Å². The van der Waals surface area contributed by atoms with Crippen molar-refractivity contribution in [2.45, 2.75) is 45.4 Å². The van der Waals surface area contributed by atoms with E-state index in [0.29, 0.717) is 17.9 Å². The van der Waals surface area contributed by atoms with Gasteiger partial charge < -0.3 is 20.5 Å². The number of rotatable bonds is 4. The number of nitrogens with two attached hydrogens (primary N) is 1. The second kappa shape index (κ2) is 8.96. The van der Waals surface area contributed by atoms with E-state index in [1.54, 1.807) is 7.11 Å². The molecule has 1 aromatic heterocycles. The van der Waals surface area contributed by atoms with E-state index in [9.17, 15) is 4.79 Å². The molecule has 1 atom stereocenters. The van der Waals surface area contributed by atoms with Crippen LogP contribution in [0.15, 0.2) is 35.5 Å². The van der Waals surface area contributed by atoms with E-state index in [-0.39, 0.29) is 18.4 Å². The number of para-hydroxylation sites is 1. The van der Waals surface area contributed by atoms with Crippen LogP contribution in [0.4, 0.5) is 11.5 Å². The highest BCUT2D eigenvalue weighted by molar-refractivity contribution is 5.96. The van der Waals surface area contributed by atoms with Gasteiger partial charge in [0.25, 0.3) is 0 Å². The number of nitrogen functional groups attached to an aromatic ring is 1. The third kappa shape index (κ3) is 3.60. The van der Waals surface area contributed by atoms with Gasteiger partial charge in [0.15, 0.2) is 0 Å². The number of aromatic nitrogens is 1. The number of ether oxygens (including phenoxy) is 2. The second-order valence-electron chi connectivity index (χ2n) is 7.48. The minimum absolute atomic E-state index is 0. The molecule has 1 aliphatic heterocycles. The van der Waals surface area contributed by atoms with Crippen LogP contribution in [0.3, 0.4) is 0 Å². The summed E-state index contributed by atoms with van der Waals surface area (Å²) in [5, 5.41) is 3.32. The van der Waals surface area contributed by atoms with Gasteiger partial charge >= 0.3 is 5.97 Å². The topological polar surface area (TPSA) is 86.5 Å². The summed E-state index contributed by atoms with van der Waals surface area (Å²) in [6, 6.07) is 7.74. The first-order valence-corrected chi connectivity index (χ1v) is 10.2. The van der Waals surface area contributed by atoms with Gasteiger partial charge in [0.1, 0.15) is 11.6 Å². The number of halogens is 1. The van der Waals surface area contributed by atoms with Crippen LogP contribution in [0.25, 0.3) is 0 Å². The molecule has 0 fully saturated rings. The summed E-state index contributed by atoms with van der Waals surface area (Å²) < 4.78 is 11.0. The van der Waals surface area contributed by atoms with Gasteiger partial charge in [-0.05, 0) is 51.2 Å². The molecule has 2 heterocycles. The number of pyridine rings is 1. The maximum Gasteiger partial charge on any atom is 0.336 e. The Balaban J connectivity index is 0.00000256. The molecule has 1 unspecified atom stereocenters. The molecule has 1 aromatic carbocycles. The van der Waals surface area contributed by atoms with Gasteiger partial charge in [-0.1, -0.05) is 18.2 Å². The predicted molar refractivity (Wildman–Crippen MR) is 120 cm³/mol. The van der Waals surface area contributed by atoms with E-state index in [1.807, 2.05) is 38.1 Å². The Morgan fingerprint density at radius 3 is 2.73 bits per heavy atom. The third-order valence-electron chi connectivity index (χ3n) is 5.79. The number of hydrogen-bond acceptors (Lipinski definition) is 6. The fourth-order valence-electron chi connectivity index (χ4n) is 4.48. The van der Waals surface area contributed by atoms with Crippen LogP contribution in [0.5, 0.6) is 5.75 Å². The smallest absolute Gasteiger partial charge is 0.336 e. The maximum atomic E-state index is 13.0. The summed E-state index contributed by atoms with van der Waals surface area (Å²) in [7, 11) is 1.63. The van der Waals surface area contributed by atoms with E-state index >= 15 is 0 Å². The van der Waals surface area contributed by atoms with Crippen molar-refractivity contribution < 1.29 is 14.3 Å². The molecule has 30 heavy (non-hydrogen) atoms. The van der Waals surface area contributed by atoms with Crippen molar-refractivity contribution >= 4 is 29.9 Å². The van der Waals surface area contributed by atoms with Gasteiger partial charge in [-0.15, -0.1) is 12.4 Å². The number of anilines is 2. The van der Waals surface area contributed by atoms with Crippen LogP contribution < -0.4 is 15.8 Å². The van der Waals surface area contributed by atoms with E-state index in [2.05, 4.69) is 5.32 Å². The van der Waals surface area contributed by atoms with Crippen molar-refractivity contribution in [2.24, 2.45) is 0 Å². The zero-order valence-electron chi connectivity index (χ0n) is 17.6. The quantitative estimate of drug-likeness (QED) is 0.702. The fourth-order valence-corrected chi connectivity index (χ4v) is 4.48. The molecule has 6 nitrogen and oxygen atoms in total. The Kier molecular flexibility index (Phi) is 6.56. The summed E-state index contributed by atoms with van der Waals surface area (Å²) in [5.74, 6) is 0.680. The van der Waals surface area contributed by atoms with E-state index in [1.165, 1.54) is 0 Å². The van der Waals surface area contributed by atoms with Crippen LogP contribution >= 0.6 is 12.4 Å². The van der Waals surface area contributed by atoms with Crippen LogP contribution in [-0.4, -0.2) is 24.7 Å². The Bertz CT molecular complexity index is 1000. The van der Waals surface area contributed by atoms with Gasteiger partial charge in [-0.2, -0.15) is 0 Å². The van der Waals surface area contributed by atoms with Crippen LogP contribution in [0, 0.1) is 0 Å². The van der Waals surface area contributed by atoms with Crippen molar-refractivity contribution in [3.8, 4) is 5.75 Å². The Hall–Kier alpha value is -2.73. The van der Waals surface area contributed by atoms with Crippen LogP contribution in [0.1, 0.15) is 55.0 Å². The zero-order valence-corrected chi connectivity index (χ0v) is 18.4.